The third-order valence-corrected chi connectivity index (χ3v) is 5.54. The fourth-order valence-electron chi connectivity index (χ4n) is 2.11. The average molecular weight is 220 g/mol. The lowest BCUT2D eigenvalue weighted by atomic mass is 9.95. The summed E-state index contributed by atoms with van der Waals surface area (Å²) in [7, 11) is -3.13. The second kappa shape index (κ2) is 2.83. The molecule has 2 saturated heterocycles. The van der Waals surface area contributed by atoms with E-state index >= 15 is 0 Å². The van der Waals surface area contributed by atoms with Crippen molar-refractivity contribution in [3.8, 4) is 0 Å². The molecular weight excluding hydrogens is 208 g/mol. The second-order valence-electron chi connectivity index (χ2n) is 3.92. The maximum absolute atomic E-state index is 11.7. The standard InChI is InChI=1S/C7H12N2O4S/c10-6(11)9-5-1-7(3-8-4-7)14(12,13)2-5/h5,8-9H,1-4H2,(H,10,11). The molecule has 0 aromatic heterocycles. The molecule has 14 heavy (non-hydrogen) atoms. The molecular formula is C7H12N2O4S. The van der Waals surface area contributed by atoms with Crippen LogP contribution in [0.2, 0.25) is 0 Å². The van der Waals surface area contributed by atoms with Gasteiger partial charge in [-0.2, -0.15) is 0 Å². The van der Waals surface area contributed by atoms with Gasteiger partial charge in [-0.3, -0.25) is 0 Å². The Hall–Kier alpha value is -0.820. The highest BCUT2D eigenvalue weighted by Gasteiger charge is 2.55. The summed E-state index contributed by atoms with van der Waals surface area (Å²) in [5.41, 5.74) is 0. The van der Waals surface area contributed by atoms with Gasteiger partial charge in [-0.05, 0) is 6.42 Å². The van der Waals surface area contributed by atoms with Gasteiger partial charge in [0.2, 0.25) is 0 Å². The molecule has 0 aromatic rings. The number of hydrogen-bond donors (Lipinski definition) is 3. The number of hydrogen-bond acceptors (Lipinski definition) is 4. The van der Waals surface area contributed by atoms with Gasteiger partial charge in [0.1, 0.15) is 0 Å². The monoisotopic (exact) mass is 220 g/mol. The third kappa shape index (κ3) is 1.27. The lowest BCUT2D eigenvalue weighted by Gasteiger charge is -2.37. The number of carbonyl (C=O) groups is 1. The molecule has 3 N–H and O–H groups in total. The van der Waals surface area contributed by atoms with E-state index in [1.54, 1.807) is 0 Å². The molecule has 1 amide bonds. The van der Waals surface area contributed by atoms with Crippen molar-refractivity contribution in [2.45, 2.75) is 17.2 Å². The van der Waals surface area contributed by atoms with Crippen molar-refractivity contribution >= 4 is 15.9 Å². The first kappa shape index (κ1) is 9.72. The van der Waals surface area contributed by atoms with E-state index in [-0.39, 0.29) is 5.75 Å². The zero-order valence-corrected chi connectivity index (χ0v) is 8.30. The van der Waals surface area contributed by atoms with Crippen LogP contribution in [0.5, 0.6) is 0 Å². The van der Waals surface area contributed by atoms with Gasteiger partial charge in [-0.25, -0.2) is 13.2 Å². The molecule has 2 aliphatic rings. The zero-order chi connectivity index (χ0) is 10.4. The quantitative estimate of drug-likeness (QED) is 0.515. The Labute approximate surface area is 81.6 Å². The predicted octanol–water partition coefficient (Wildman–Crippen LogP) is -1.22. The summed E-state index contributed by atoms with van der Waals surface area (Å²) in [5, 5.41) is 13.6. The number of nitrogens with one attached hydrogen (secondary N) is 2. The highest BCUT2D eigenvalue weighted by atomic mass is 32.2. The Morgan fingerprint density at radius 2 is 2.14 bits per heavy atom. The Morgan fingerprint density at radius 3 is 2.50 bits per heavy atom. The van der Waals surface area contributed by atoms with Gasteiger partial charge < -0.3 is 15.7 Å². The molecule has 1 spiro atoms. The zero-order valence-electron chi connectivity index (χ0n) is 7.49. The van der Waals surface area contributed by atoms with Crippen LogP contribution in [-0.2, 0) is 9.84 Å². The van der Waals surface area contributed by atoms with Crippen molar-refractivity contribution in [3.05, 3.63) is 0 Å². The Balaban J connectivity index is 2.14. The van der Waals surface area contributed by atoms with Gasteiger partial charge >= 0.3 is 6.09 Å². The summed E-state index contributed by atoms with van der Waals surface area (Å²) in [6.07, 6.45) is -0.760. The average Bonchev–Trinajstić information content (AvgIpc) is 2.17. The molecule has 0 radical (unpaired) electrons. The van der Waals surface area contributed by atoms with Crippen LogP contribution in [0.4, 0.5) is 4.79 Å². The fourth-order valence-corrected chi connectivity index (χ4v) is 4.30. The fraction of sp³-hybridized carbons (Fsp3) is 0.857. The van der Waals surface area contributed by atoms with Crippen molar-refractivity contribution in [1.82, 2.24) is 10.6 Å². The molecule has 0 bridgehead atoms. The lowest BCUT2D eigenvalue weighted by molar-refractivity contribution is 0.189. The van der Waals surface area contributed by atoms with Crippen LogP contribution in [0.15, 0.2) is 0 Å². The highest BCUT2D eigenvalue weighted by molar-refractivity contribution is 7.93. The highest BCUT2D eigenvalue weighted by Crippen LogP contribution is 2.35. The topological polar surface area (TPSA) is 95.5 Å². The van der Waals surface area contributed by atoms with Gasteiger partial charge in [-0.1, -0.05) is 0 Å². The molecule has 2 fully saturated rings. The molecule has 0 aliphatic carbocycles. The van der Waals surface area contributed by atoms with Gasteiger partial charge in [0.05, 0.1) is 10.5 Å². The summed E-state index contributed by atoms with van der Waals surface area (Å²) in [5.74, 6) is -0.0685. The predicted molar refractivity (Wildman–Crippen MR) is 49.0 cm³/mol. The molecule has 7 heteroatoms. The molecule has 0 aromatic carbocycles. The van der Waals surface area contributed by atoms with E-state index in [4.69, 9.17) is 5.11 Å². The molecule has 1 atom stereocenters. The summed E-state index contributed by atoms with van der Waals surface area (Å²) in [4.78, 5) is 10.4. The Kier molecular flexibility index (Phi) is 1.97. The maximum Gasteiger partial charge on any atom is 0.404 e. The van der Waals surface area contributed by atoms with Crippen LogP contribution in [0, 0.1) is 0 Å². The summed E-state index contributed by atoms with van der Waals surface area (Å²) >= 11 is 0. The largest absolute Gasteiger partial charge is 0.465 e. The van der Waals surface area contributed by atoms with Crippen molar-refractivity contribution in [3.63, 3.8) is 0 Å². The summed E-state index contributed by atoms with van der Waals surface area (Å²) in [6.45, 7) is 0.903. The first-order valence-electron chi connectivity index (χ1n) is 4.38. The van der Waals surface area contributed by atoms with Gasteiger partial charge in [0.15, 0.2) is 9.84 Å². The van der Waals surface area contributed by atoms with Crippen molar-refractivity contribution in [2.75, 3.05) is 18.8 Å². The maximum atomic E-state index is 11.7. The van der Waals surface area contributed by atoms with Crippen molar-refractivity contribution in [2.24, 2.45) is 0 Å². The van der Waals surface area contributed by atoms with E-state index in [1.807, 2.05) is 0 Å². The summed E-state index contributed by atoms with van der Waals surface area (Å²) in [6, 6.07) is -0.445. The summed E-state index contributed by atoms with van der Waals surface area (Å²) < 4.78 is 22.7. The lowest BCUT2D eigenvalue weighted by Crippen LogP contribution is -2.62. The third-order valence-electron chi connectivity index (χ3n) is 2.92. The van der Waals surface area contributed by atoms with E-state index in [2.05, 4.69) is 10.6 Å². The molecule has 2 heterocycles. The molecule has 80 valence electrons. The number of carboxylic acid groups (broad SMARTS) is 1. The SMILES string of the molecule is O=C(O)NC1CC2(CNC2)S(=O)(=O)C1. The van der Waals surface area contributed by atoms with Crippen LogP contribution < -0.4 is 10.6 Å². The van der Waals surface area contributed by atoms with E-state index in [0.29, 0.717) is 19.5 Å². The van der Waals surface area contributed by atoms with Gasteiger partial charge in [0.25, 0.3) is 0 Å². The Bertz CT molecular complexity index is 360. The van der Waals surface area contributed by atoms with E-state index < -0.39 is 26.7 Å². The van der Waals surface area contributed by atoms with Gasteiger partial charge in [-0.15, -0.1) is 0 Å². The van der Waals surface area contributed by atoms with E-state index in [9.17, 15) is 13.2 Å². The van der Waals surface area contributed by atoms with E-state index in [0.717, 1.165) is 0 Å². The number of amides is 1. The van der Waals surface area contributed by atoms with Crippen LogP contribution in [0.25, 0.3) is 0 Å². The molecule has 6 nitrogen and oxygen atoms in total. The normalized spacial score (nSPS) is 32.4. The Morgan fingerprint density at radius 1 is 1.50 bits per heavy atom. The first-order chi connectivity index (χ1) is 6.45. The number of sulfone groups is 1. The molecule has 0 saturated carbocycles. The number of rotatable bonds is 1. The minimum atomic E-state index is -3.13. The second-order valence-corrected chi connectivity index (χ2v) is 6.35. The van der Waals surface area contributed by atoms with Gasteiger partial charge in [0, 0.05) is 19.1 Å². The molecule has 2 rings (SSSR count). The minimum Gasteiger partial charge on any atom is -0.465 e. The molecule has 2 aliphatic heterocycles. The smallest absolute Gasteiger partial charge is 0.404 e. The van der Waals surface area contributed by atoms with Crippen LogP contribution >= 0.6 is 0 Å². The van der Waals surface area contributed by atoms with Crippen LogP contribution in [0.3, 0.4) is 0 Å². The van der Waals surface area contributed by atoms with Crippen LogP contribution in [0.1, 0.15) is 6.42 Å². The van der Waals surface area contributed by atoms with Crippen molar-refractivity contribution < 1.29 is 18.3 Å². The van der Waals surface area contributed by atoms with E-state index in [1.165, 1.54) is 0 Å². The first-order valence-corrected chi connectivity index (χ1v) is 6.03. The minimum absolute atomic E-state index is 0.0685. The van der Waals surface area contributed by atoms with Crippen LogP contribution in [-0.4, -0.2) is 49.2 Å². The molecule has 1 unspecified atom stereocenters. The van der Waals surface area contributed by atoms with Crippen molar-refractivity contribution in [1.29, 1.82) is 0 Å².